The molecule has 0 bridgehead atoms. The van der Waals surface area contributed by atoms with Gasteiger partial charge in [0.2, 0.25) is 5.88 Å². The molecular weight excluding hydrogens is 303 g/mol. The molecule has 0 saturated heterocycles. The summed E-state index contributed by atoms with van der Waals surface area (Å²) in [5.74, 6) is 0.615. The first-order valence-corrected chi connectivity index (χ1v) is 6.86. The first-order chi connectivity index (χ1) is 9.92. The second-order valence-electron chi connectivity index (χ2n) is 4.42. The molecule has 2 nitrogen and oxygen atoms in total. The van der Waals surface area contributed by atoms with Crippen molar-refractivity contribution in [1.29, 1.82) is 0 Å². The quantitative estimate of drug-likeness (QED) is 0.724. The minimum atomic E-state index is -4.40. The molecule has 0 aliphatic heterocycles. The number of alkyl halides is 4. The highest BCUT2D eigenvalue weighted by molar-refractivity contribution is 6.17. The summed E-state index contributed by atoms with van der Waals surface area (Å²) in [5.41, 5.74) is 0.824. The van der Waals surface area contributed by atoms with E-state index in [0.29, 0.717) is 6.42 Å². The molecule has 0 fully saturated rings. The molecule has 1 heterocycles. The van der Waals surface area contributed by atoms with Crippen LogP contribution in [-0.2, 0) is 18.5 Å². The lowest BCUT2D eigenvalue weighted by molar-refractivity contribution is -0.137. The Hall–Kier alpha value is -1.75. The van der Waals surface area contributed by atoms with Gasteiger partial charge < -0.3 is 4.74 Å². The monoisotopic (exact) mass is 315 g/mol. The normalized spacial score (nSPS) is 11.5. The van der Waals surface area contributed by atoms with Crippen LogP contribution in [0.1, 0.15) is 23.7 Å². The summed E-state index contributed by atoms with van der Waals surface area (Å²) >= 11 is 5.78. The second-order valence-corrected chi connectivity index (χ2v) is 4.69. The van der Waals surface area contributed by atoms with E-state index < -0.39 is 11.7 Å². The number of nitrogens with zero attached hydrogens (tertiary/aromatic N) is 1. The Labute approximate surface area is 125 Å². The smallest absolute Gasteiger partial charge is 0.416 e. The van der Waals surface area contributed by atoms with E-state index in [0.717, 1.165) is 23.4 Å². The molecule has 2 rings (SSSR count). The zero-order chi connectivity index (χ0) is 15.5. The SMILES string of the molecule is CCc1cc(CCl)cc(Oc2cccc(C(F)(F)F)c2)n1. The van der Waals surface area contributed by atoms with Gasteiger partial charge in [-0.1, -0.05) is 13.0 Å². The average molecular weight is 316 g/mol. The molecule has 112 valence electrons. The van der Waals surface area contributed by atoms with Gasteiger partial charge in [-0.3, -0.25) is 0 Å². The molecule has 2 aromatic rings. The van der Waals surface area contributed by atoms with E-state index in [2.05, 4.69) is 4.98 Å². The number of aryl methyl sites for hydroxylation is 1. The van der Waals surface area contributed by atoms with E-state index in [9.17, 15) is 13.2 Å². The minimum Gasteiger partial charge on any atom is -0.439 e. The third kappa shape index (κ3) is 4.11. The van der Waals surface area contributed by atoms with Crippen molar-refractivity contribution in [3.63, 3.8) is 0 Å². The maximum atomic E-state index is 12.7. The lowest BCUT2D eigenvalue weighted by Crippen LogP contribution is -2.04. The van der Waals surface area contributed by atoms with E-state index in [1.807, 2.05) is 13.0 Å². The minimum absolute atomic E-state index is 0.0890. The first-order valence-electron chi connectivity index (χ1n) is 6.33. The van der Waals surface area contributed by atoms with Crippen molar-refractivity contribution in [2.75, 3.05) is 0 Å². The molecule has 0 unspecified atom stereocenters. The van der Waals surface area contributed by atoms with Crippen molar-refractivity contribution in [3.8, 4) is 11.6 Å². The van der Waals surface area contributed by atoms with Crippen LogP contribution in [0.5, 0.6) is 11.6 Å². The molecule has 0 aliphatic carbocycles. The number of pyridine rings is 1. The predicted molar refractivity (Wildman–Crippen MR) is 74.7 cm³/mol. The molecule has 0 saturated carbocycles. The van der Waals surface area contributed by atoms with Crippen LogP contribution in [-0.4, -0.2) is 4.98 Å². The topological polar surface area (TPSA) is 22.1 Å². The number of rotatable bonds is 4. The van der Waals surface area contributed by atoms with Crippen molar-refractivity contribution < 1.29 is 17.9 Å². The van der Waals surface area contributed by atoms with Crippen molar-refractivity contribution in [2.24, 2.45) is 0 Å². The fraction of sp³-hybridized carbons (Fsp3) is 0.267. The Morgan fingerprint density at radius 1 is 1.19 bits per heavy atom. The summed E-state index contributed by atoms with van der Waals surface area (Å²) in [6.45, 7) is 1.92. The Bertz CT molecular complexity index is 606. The van der Waals surface area contributed by atoms with Crippen molar-refractivity contribution in [1.82, 2.24) is 4.98 Å². The Morgan fingerprint density at radius 3 is 2.57 bits per heavy atom. The van der Waals surface area contributed by atoms with Gasteiger partial charge >= 0.3 is 6.18 Å². The maximum absolute atomic E-state index is 12.7. The van der Waals surface area contributed by atoms with Gasteiger partial charge in [-0.2, -0.15) is 13.2 Å². The number of ether oxygens (including phenoxy) is 1. The highest BCUT2D eigenvalue weighted by atomic mass is 35.5. The highest BCUT2D eigenvalue weighted by Gasteiger charge is 2.30. The maximum Gasteiger partial charge on any atom is 0.416 e. The van der Waals surface area contributed by atoms with Crippen molar-refractivity contribution in [2.45, 2.75) is 25.4 Å². The van der Waals surface area contributed by atoms with Crippen LogP contribution in [0.25, 0.3) is 0 Å². The third-order valence-electron chi connectivity index (χ3n) is 2.82. The summed E-state index contributed by atoms with van der Waals surface area (Å²) < 4.78 is 43.4. The number of hydrogen-bond donors (Lipinski definition) is 0. The van der Waals surface area contributed by atoms with E-state index in [-0.39, 0.29) is 17.5 Å². The summed E-state index contributed by atoms with van der Waals surface area (Å²) in [7, 11) is 0. The molecular formula is C15H13ClF3NO. The summed E-state index contributed by atoms with van der Waals surface area (Å²) in [5, 5.41) is 0. The van der Waals surface area contributed by atoms with Gasteiger partial charge in [0.05, 0.1) is 5.56 Å². The number of hydrogen-bond acceptors (Lipinski definition) is 2. The fourth-order valence-electron chi connectivity index (χ4n) is 1.79. The Balaban J connectivity index is 2.30. The summed E-state index contributed by atoms with van der Waals surface area (Å²) in [4.78, 5) is 4.22. The van der Waals surface area contributed by atoms with Gasteiger partial charge in [-0.15, -0.1) is 11.6 Å². The van der Waals surface area contributed by atoms with Crippen molar-refractivity contribution >= 4 is 11.6 Å². The molecule has 6 heteroatoms. The van der Waals surface area contributed by atoms with Crippen LogP contribution in [0.15, 0.2) is 36.4 Å². The van der Waals surface area contributed by atoms with E-state index >= 15 is 0 Å². The third-order valence-corrected chi connectivity index (χ3v) is 3.12. The number of benzene rings is 1. The van der Waals surface area contributed by atoms with Gasteiger partial charge in [0.1, 0.15) is 5.75 Å². The average Bonchev–Trinajstić information content (AvgIpc) is 2.46. The molecule has 21 heavy (non-hydrogen) atoms. The van der Waals surface area contributed by atoms with E-state index in [1.165, 1.54) is 12.1 Å². The second kappa shape index (κ2) is 6.35. The number of halogens is 4. The fourth-order valence-corrected chi connectivity index (χ4v) is 1.94. The standard InChI is InChI=1S/C15H13ClF3NO/c1-2-12-6-10(9-16)7-14(20-12)21-13-5-3-4-11(8-13)15(17,18)19/h3-8H,2,9H2,1H3. The Kier molecular flexibility index (Phi) is 4.73. The largest absolute Gasteiger partial charge is 0.439 e. The number of aromatic nitrogens is 1. The Morgan fingerprint density at radius 2 is 1.95 bits per heavy atom. The summed E-state index contributed by atoms with van der Waals surface area (Å²) in [6.07, 6.45) is -3.72. The predicted octanol–water partition coefficient (Wildman–Crippen LogP) is 5.19. The van der Waals surface area contributed by atoms with Crippen molar-refractivity contribution in [3.05, 3.63) is 53.2 Å². The van der Waals surface area contributed by atoms with Crippen LogP contribution < -0.4 is 4.74 Å². The molecule has 0 amide bonds. The molecule has 0 atom stereocenters. The zero-order valence-corrected chi connectivity index (χ0v) is 12.0. The molecule has 0 radical (unpaired) electrons. The van der Waals surface area contributed by atoms with Crippen LogP contribution in [0.2, 0.25) is 0 Å². The lowest BCUT2D eigenvalue weighted by atomic mass is 10.2. The molecule has 1 aromatic heterocycles. The summed E-state index contributed by atoms with van der Waals surface area (Å²) in [6, 6.07) is 8.15. The van der Waals surface area contributed by atoms with Gasteiger partial charge in [0, 0.05) is 17.6 Å². The van der Waals surface area contributed by atoms with Gasteiger partial charge in [-0.05, 0) is 36.2 Å². The van der Waals surface area contributed by atoms with Crippen LogP contribution in [0.4, 0.5) is 13.2 Å². The van der Waals surface area contributed by atoms with Crippen LogP contribution in [0.3, 0.4) is 0 Å². The van der Waals surface area contributed by atoms with Gasteiger partial charge in [-0.25, -0.2) is 4.98 Å². The first kappa shape index (κ1) is 15.6. The van der Waals surface area contributed by atoms with E-state index in [4.69, 9.17) is 16.3 Å². The van der Waals surface area contributed by atoms with Crippen LogP contribution in [0, 0.1) is 0 Å². The molecule has 0 N–H and O–H groups in total. The van der Waals surface area contributed by atoms with Gasteiger partial charge in [0.15, 0.2) is 0 Å². The highest BCUT2D eigenvalue weighted by Crippen LogP contribution is 2.32. The van der Waals surface area contributed by atoms with Gasteiger partial charge in [0.25, 0.3) is 0 Å². The lowest BCUT2D eigenvalue weighted by Gasteiger charge is -2.11. The molecule has 0 spiro atoms. The molecule has 0 aliphatic rings. The van der Waals surface area contributed by atoms with E-state index in [1.54, 1.807) is 6.07 Å². The zero-order valence-electron chi connectivity index (χ0n) is 11.2. The van der Waals surface area contributed by atoms with Crippen LogP contribution >= 0.6 is 11.6 Å². The molecule has 1 aromatic carbocycles.